The molecule has 1 atom stereocenters. The summed E-state index contributed by atoms with van der Waals surface area (Å²) in [5.41, 5.74) is 4.19. The lowest BCUT2D eigenvalue weighted by atomic mass is 10.0. The van der Waals surface area contributed by atoms with Gasteiger partial charge >= 0.3 is 0 Å². The fraction of sp³-hybridized carbons (Fsp3) is 0.238. The maximum atomic E-state index is 13.0. The third-order valence-electron chi connectivity index (χ3n) is 4.44. The number of carbonyl (C=O) groups excluding carboxylic acids is 1. The van der Waals surface area contributed by atoms with Gasteiger partial charge in [-0.05, 0) is 31.2 Å². The molecule has 3 rings (SSSR count). The number of nitrogens with zero attached hydrogens (tertiary/aromatic N) is 2. The zero-order valence-corrected chi connectivity index (χ0v) is 16.4. The molecule has 0 saturated heterocycles. The van der Waals surface area contributed by atoms with Gasteiger partial charge in [0.15, 0.2) is 0 Å². The van der Waals surface area contributed by atoms with Gasteiger partial charge in [0, 0.05) is 23.6 Å². The molecular formula is C21H22N2O3S. The van der Waals surface area contributed by atoms with Gasteiger partial charge in [0.1, 0.15) is 18.1 Å². The first-order valence-electron chi connectivity index (χ1n) is 8.60. The Balaban J connectivity index is 1.73. The molecule has 2 aromatic carbocycles. The lowest BCUT2D eigenvalue weighted by Gasteiger charge is -2.26. The van der Waals surface area contributed by atoms with E-state index in [9.17, 15) is 4.79 Å². The summed E-state index contributed by atoms with van der Waals surface area (Å²) in [6.07, 6.45) is 0. The van der Waals surface area contributed by atoms with Crippen molar-refractivity contribution in [1.29, 1.82) is 0 Å². The minimum absolute atomic E-state index is 0.0764. The number of rotatable bonds is 7. The van der Waals surface area contributed by atoms with Crippen molar-refractivity contribution in [2.75, 3.05) is 14.2 Å². The highest BCUT2D eigenvalue weighted by molar-refractivity contribution is 7.07. The summed E-state index contributed by atoms with van der Waals surface area (Å²) in [6, 6.07) is 14.8. The molecule has 5 nitrogen and oxygen atoms in total. The topological polar surface area (TPSA) is 51.7 Å². The van der Waals surface area contributed by atoms with Crippen LogP contribution in [0.1, 0.15) is 34.6 Å². The number of thiazole rings is 1. The van der Waals surface area contributed by atoms with E-state index in [1.165, 1.54) is 11.3 Å². The first kappa shape index (κ1) is 18.9. The zero-order valence-electron chi connectivity index (χ0n) is 15.6. The van der Waals surface area contributed by atoms with Gasteiger partial charge in [0.25, 0.3) is 5.91 Å². The molecule has 27 heavy (non-hydrogen) atoms. The van der Waals surface area contributed by atoms with Gasteiger partial charge in [-0.2, -0.15) is 0 Å². The number of amides is 1. The molecule has 0 aliphatic heterocycles. The van der Waals surface area contributed by atoms with E-state index in [0.29, 0.717) is 17.9 Å². The standard InChI is InChI=1S/C21H22N2O3S/c1-15(19-9-4-5-10-20(19)25-3)23(2)21(24)16-7-6-8-18(11-16)26-12-17-13-27-14-22-17/h4-11,13-15H,12H2,1-3H3. The molecule has 0 N–H and O–H groups in total. The normalized spacial score (nSPS) is 11.7. The molecule has 6 heteroatoms. The molecular weight excluding hydrogens is 360 g/mol. The van der Waals surface area contributed by atoms with Crippen molar-refractivity contribution in [2.24, 2.45) is 0 Å². The van der Waals surface area contributed by atoms with E-state index in [-0.39, 0.29) is 11.9 Å². The molecule has 1 unspecified atom stereocenters. The monoisotopic (exact) mass is 382 g/mol. The minimum atomic E-state index is -0.131. The van der Waals surface area contributed by atoms with E-state index in [0.717, 1.165) is 17.0 Å². The second-order valence-electron chi connectivity index (χ2n) is 6.13. The number of hydrogen-bond donors (Lipinski definition) is 0. The quantitative estimate of drug-likeness (QED) is 0.601. The van der Waals surface area contributed by atoms with Gasteiger partial charge in [-0.3, -0.25) is 4.79 Å². The number of carbonyl (C=O) groups is 1. The maximum Gasteiger partial charge on any atom is 0.254 e. The van der Waals surface area contributed by atoms with Crippen LogP contribution in [0.5, 0.6) is 11.5 Å². The van der Waals surface area contributed by atoms with Crippen molar-refractivity contribution in [2.45, 2.75) is 19.6 Å². The highest BCUT2D eigenvalue weighted by Crippen LogP contribution is 2.29. The van der Waals surface area contributed by atoms with Gasteiger partial charge in [0.05, 0.1) is 24.4 Å². The van der Waals surface area contributed by atoms with E-state index >= 15 is 0 Å². The van der Waals surface area contributed by atoms with Crippen LogP contribution in [-0.2, 0) is 6.61 Å². The highest BCUT2D eigenvalue weighted by Gasteiger charge is 2.21. The Morgan fingerprint density at radius 2 is 2.04 bits per heavy atom. The Bertz CT molecular complexity index is 896. The molecule has 0 radical (unpaired) electrons. The van der Waals surface area contributed by atoms with Crippen molar-refractivity contribution in [3.05, 3.63) is 76.2 Å². The predicted octanol–water partition coefficient (Wildman–Crippen LogP) is 4.56. The summed E-state index contributed by atoms with van der Waals surface area (Å²) < 4.78 is 11.2. The van der Waals surface area contributed by atoms with Crippen LogP contribution in [0.4, 0.5) is 0 Å². The van der Waals surface area contributed by atoms with Crippen molar-refractivity contribution in [3.63, 3.8) is 0 Å². The molecule has 3 aromatic rings. The molecule has 1 amide bonds. The third kappa shape index (κ3) is 4.46. The first-order valence-corrected chi connectivity index (χ1v) is 9.54. The van der Waals surface area contributed by atoms with Gasteiger partial charge in [-0.1, -0.05) is 24.3 Å². The van der Waals surface area contributed by atoms with Crippen LogP contribution in [0.3, 0.4) is 0 Å². The van der Waals surface area contributed by atoms with Gasteiger partial charge in [-0.25, -0.2) is 4.98 Å². The summed E-state index contributed by atoms with van der Waals surface area (Å²) in [4.78, 5) is 18.9. The zero-order chi connectivity index (χ0) is 19.2. The van der Waals surface area contributed by atoms with Crippen LogP contribution in [0.2, 0.25) is 0 Å². The SMILES string of the molecule is COc1ccccc1C(C)N(C)C(=O)c1cccc(OCc2cscn2)c1. The Morgan fingerprint density at radius 1 is 1.22 bits per heavy atom. The van der Waals surface area contributed by atoms with E-state index < -0.39 is 0 Å². The highest BCUT2D eigenvalue weighted by atomic mass is 32.1. The fourth-order valence-electron chi connectivity index (χ4n) is 2.78. The van der Waals surface area contributed by atoms with Gasteiger partial charge in [0.2, 0.25) is 0 Å². The van der Waals surface area contributed by atoms with E-state index in [4.69, 9.17) is 9.47 Å². The van der Waals surface area contributed by atoms with E-state index in [1.54, 1.807) is 36.7 Å². The third-order valence-corrected chi connectivity index (χ3v) is 5.08. The van der Waals surface area contributed by atoms with Crippen molar-refractivity contribution >= 4 is 17.2 Å². The van der Waals surface area contributed by atoms with Gasteiger partial charge < -0.3 is 14.4 Å². The fourth-order valence-corrected chi connectivity index (χ4v) is 3.33. The number of ether oxygens (including phenoxy) is 2. The van der Waals surface area contributed by atoms with Crippen LogP contribution >= 0.6 is 11.3 Å². The van der Waals surface area contributed by atoms with E-state index in [2.05, 4.69) is 4.98 Å². The molecule has 1 heterocycles. The van der Waals surface area contributed by atoms with Crippen molar-refractivity contribution < 1.29 is 14.3 Å². The van der Waals surface area contributed by atoms with Crippen LogP contribution < -0.4 is 9.47 Å². The van der Waals surface area contributed by atoms with Gasteiger partial charge in [-0.15, -0.1) is 11.3 Å². The average molecular weight is 382 g/mol. The number of methoxy groups -OCH3 is 1. The van der Waals surface area contributed by atoms with Crippen LogP contribution in [-0.4, -0.2) is 29.9 Å². The van der Waals surface area contributed by atoms with E-state index in [1.807, 2.05) is 48.7 Å². The summed E-state index contributed by atoms with van der Waals surface area (Å²) in [5, 5.41) is 1.94. The van der Waals surface area contributed by atoms with Crippen LogP contribution in [0.25, 0.3) is 0 Å². The lowest BCUT2D eigenvalue weighted by Crippen LogP contribution is -2.29. The number of hydrogen-bond acceptors (Lipinski definition) is 5. The van der Waals surface area contributed by atoms with Crippen molar-refractivity contribution in [3.8, 4) is 11.5 Å². The predicted molar refractivity (Wildman–Crippen MR) is 106 cm³/mol. The summed E-state index contributed by atoms with van der Waals surface area (Å²) in [5.74, 6) is 1.34. The molecule has 0 spiro atoms. The summed E-state index contributed by atoms with van der Waals surface area (Å²) in [7, 11) is 3.43. The number of aromatic nitrogens is 1. The molecule has 0 saturated carbocycles. The first-order chi connectivity index (χ1) is 13.1. The maximum absolute atomic E-state index is 13.0. The van der Waals surface area contributed by atoms with Crippen LogP contribution in [0.15, 0.2) is 59.4 Å². The smallest absolute Gasteiger partial charge is 0.254 e. The second-order valence-corrected chi connectivity index (χ2v) is 6.85. The Morgan fingerprint density at radius 3 is 2.78 bits per heavy atom. The summed E-state index contributed by atoms with van der Waals surface area (Å²) >= 11 is 1.53. The molecule has 0 aliphatic rings. The molecule has 0 fully saturated rings. The average Bonchev–Trinajstić information content (AvgIpc) is 3.24. The summed E-state index contributed by atoms with van der Waals surface area (Å²) in [6.45, 7) is 2.37. The molecule has 1 aromatic heterocycles. The molecule has 140 valence electrons. The Hall–Kier alpha value is -2.86. The number of para-hydroxylation sites is 1. The number of benzene rings is 2. The molecule has 0 aliphatic carbocycles. The Kier molecular flexibility index (Phi) is 6.08. The largest absolute Gasteiger partial charge is 0.496 e. The van der Waals surface area contributed by atoms with Crippen molar-refractivity contribution in [1.82, 2.24) is 9.88 Å². The lowest BCUT2D eigenvalue weighted by molar-refractivity contribution is 0.0740. The molecule has 0 bridgehead atoms. The van der Waals surface area contributed by atoms with Crippen LogP contribution in [0, 0.1) is 0 Å². The Labute approximate surface area is 163 Å². The second kappa shape index (κ2) is 8.68. The minimum Gasteiger partial charge on any atom is -0.496 e.